The third kappa shape index (κ3) is 4.14. The predicted octanol–water partition coefficient (Wildman–Crippen LogP) is 3.78. The van der Waals surface area contributed by atoms with E-state index < -0.39 is 4.92 Å². The van der Waals surface area contributed by atoms with E-state index in [9.17, 15) is 15.0 Å². The quantitative estimate of drug-likeness (QED) is 0.188. The zero-order chi connectivity index (χ0) is 20.2. The Morgan fingerprint density at radius 3 is 2.72 bits per heavy atom. The largest absolute Gasteiger partial charge is 0.411 e. The van der Waals surface area contributed by atoms with Crippen LogP contribution in [0.3, 0.4) is 0 Å². The van der Waals surface area contributed by atoms with Crippen molar-refractivity contribution in [2.75, 3.05) is 0 Å². The molecule has 0 fully saturated rings. The second kappa shape index (κ2) is 7.93. The van der Waals surface area contributed by atoms with E-state index in [1.165, 1.54) is 23.9 Å². The van der Waals surface area contributed by atoms with Gasteiger partial charge in [0.15, 0.2) is 0 Å². The molecule has 0 saturated carbocycles. The van der Waals surface area contributed by atoms with Crippen molar-refractivity contribution < 1.29 is 13.9 Å². The number of pyridine rings is 1. The topological polar surface area (TPSA) is 163 Å². The standard InChI is InChI=1S/C16H9N7O5S/c24-21-11-5-10(6-12(7-11)23(25)26)14-18-13(28-22-14)8-29-16-20-19-15(27-16)9-1-3-17-4-2-9/h1-7H,8H2. The molecule has 3 heterocycles. The lowest BCUT2D eigenvalue weighted by Crippen LogP contribution is -1.89. The number of hydrogen-bond acceptors (Lipinski definition) is 12. The normalized spacial score (nSPS) is 10.8. The lowest BCUT2D eigenvalue weighted by molar-refractivity contribution is -0.384. The van der Waals surface area contributed by atoms with Gasteiger partial charge in [0.05, 0.1) is 10.7 Å². The Bertz CT molecular complexity index is 1180. The molecule has 144 valence electrons. The van der Waals surface area contributed by atoms with Gasteiger partial charge in [-0.1, -0.05) is 16.9 Å². The first-order chi connectivity index (χ1) is 14.1. The molecule has 0 unspecified atom stereocenters. The summed E-state index contributed by atoms with van der Waals surface area (Å²) >= 11 is 1.18. The second-order valence-electron chi connectivity index (χ2n) is 5.50. The summed E-state index contributed by atoms with van der Waals surface area (Å²) in [5.74, 6) is 0.920. The lowest BCUT2D eigenvalue weighted by atomic mass is 10.1. The van der Waals surface area contributed by atoms with Crippen molar-refractivity contribution in [3.63, 3.8) is 0 Å². The van der Waals surface area contributed by atoms with Gasteiger partial charge in [-0.05, 0) is 23.4 Å². The Hall–Kier alpha value is -4.00. The maximum Gasteiger partial charge on any atom is 0.277 e. The van der Waals surface area contributed by atoms with Crippen LogP contribution in [0.1, 0.15) is 5.89 Å². The number of thioether (sulfide) groups is 1. The highest BCUT2D eigenvalue weighted by molar-refractivity contribution is 7.98. The highest BCUT2D eigenvalue weighted by Gasteiger charge is 2.17. The van der Waals surface area contributed by atoms with E-state index in [2.05, 4.69) is 30.5 Å². The van der Waals surface area contributed by atoms with Crippen molar-refractivity contribution in [3.8, 4) is 22.8 Å². The van der Waals surface area contributed by atoms with Crippen LogP contribution in [0.4, 0.5) is 11.4 Å². The van der Waals surface area contributed by atoms with Gasteiger partial charge in [0.2, 0.25) is 17.6 Å². The molecule has 0 aliphatic heterocycles. The van der Waals surface area contributed by atoms with Crippen LogP contribution in [-0.2, 0) is 5.75 Å². The second-order valence-corrected chi connectivity index (χ2v) is 6.42. The molecule has 0 spiro atoms. The molecule has 0 atom stereocenters. The fourth-order valence-electron chi connectivity index (χ4n) is 2.32. The molecule has 0 aliphatic carbocycles. The Balaban J connectivity index is 1.48. The van der Waals surface area contributed by atoms with Crippen molar-refractivity contribution in [2.45, 2.75) is 11.0 Å². The Morgan fingerprint density at radius 2 is 1.97 bits per heavy atom. The smallest absolute Gasteiger partial charge is 0.277 e. The molecule has 0 radical (unpaired) electrons. The SMILES string of the molecule is O=Nc1cc(-c2noc(CSc3nnc(-c4ccncc4)o3)n2)cc([N+](=O)[O-])c1. The van der Waals surface area contributed by atoms with E-state index in [1.54, 1.807) is 24.5 Å². The molecule has 12 nitrogen and oxygen atoms in total. The molecule has 4 rings (SSSR count). The minimum Gasteiger partial charge on any atom is -0.411 e. The summed E-state index contributed by atoms with van der Waals surface area (Å²) in [6, 6.07) is 7.11. The van der Waals surface area contributed by atoms with Gasteiger partial charge in [-0.2, -0.15) is 4.98 Å². The van der Waals surface area contributed by atoms with Crippen LogP contribution in [0.25, 0.3) is 22.8 Å². The molecular formula is C16H9N7O5S. The average molecular weight is 411 g/mol. The Labute approximate surface area is 165 Å². The minimum absolute atomic E-state index is 0.0946. The molecular weight excluding hydrogens is 402 g/mol. The molecule has 1 aromatic carbocycles. The first-order valence-corrected chi connectivity index (χ1v) is 8.93. The fourth-order valence-corrected chi connectivity index (χ4v) is 2.92. The van der Waals surface area contributed by atoms with Gasteiger partial charge >= 0.3 is 0 Å². The van der Waals surface area contributed by atoms with Crippen molar-refractivity contribution in [3.05, 3.63) is 63.6 Å². The molecule has 4 aromatic rings. The fraction of sp³-hybridized carbons (Fsp3) is 0.0625. The molecule has 3 aromatic heterocycles. The number of nitroso groups, excluding NO2 is 1. The Morgan fingerprint density at radius 1 is 1.14 bits per heavy atom. The van der Waals surface area contributed by atoms with Crippen LogP contribution in [0.2, 0.25) is 0 Å². The number of rotatable bonds is 7. The van der Waals surface area contributed by atoms with E-state index in [0.29, 0.717) is 11.1 Å². The highest BCUT2D eigenvalue weighted by atomic mass is 32.2. The van der Waals surface area contributed by atoms with E-state index in [1.807, 2.05) is 0 Å². The molecule has 0 aliphatic rings. The summed E-state index contributed by atoms with van der Waals surface area (Å²) in [6.45, 7) is 0. The number of nitro benzene ring substituents is 1. The zero-order valence-electron chi connectivity index (χ0n) is 14.3. The average Bonchev–Trinajstić information content (AvgIpc) is 3.42. The highest BCUT2D eigenvalue weighted by Crippen LogP contribution is 2.30. The number of aromatic nitrogens is 5. The van der Waals surface area contributed by atoms with Gasteiger partial charge in [-0.25, -0.2) is 0 Å². The number of nitrogens with zero attached hydrogens (tertiary/aromatic N) is 7. The van der Waals surface area contributed by atoms with E-state index in [-0.39, 0.29) is 34.4 Å². The van der Waals surface area contributed by atoms with Gasteiger partial charge in [0.25, 0.3) is 10.9 Å². The van der Waals surface area contributed by atoms with E-state index >= 15 is 0 Å². The molecule has 13 heteroatoms. The molecule has 0 bridgehead atoms. The molecule has 0 N–H and O–H groups in total. The maximum atomic E-state index is 11.0. The summed E-state index contributed by atoms with van der Waals surface area (Å²) < 4.78 is 10.7. The van der Waals surface area contributed by atoms with E-state index in [0.717, 1.165) is 11.6 Å². The van der Waals surface area contributed by atoms with Crippen LogP contribution in [-0.4, -0.2) is 30.2 Å². The maximum absolute atomic E-state index is 11.0. The monoisotopic (exact) mass is 411 g/mol. The van der Waals surface area contributed by atoms with Crippen molar-refractivity contribution >= 4 is 23.1 Å². The summed E-state index contributed by atoms with van der Waals surface area (Å²) in [4.78, 5) is 29.2. The summed E-state index contributed by atoms with van der Waals surface area (Å²) in [5, 5.41) is 25.7. The third-order valence-electron chi connectivity index (χ3n) is 3.60. The number of non-ortho nitro benzene ring substituents is 1. The first kappa shape index (κ1) is 18.4. The van der Waals surface area contributed by atoms with E-state index in [4.69, 9.17) is 8.94 Å². The van der Waals surface area contributed by atoms with Crippen molar-refractivity contribution in [1.82, 2.24) is 25.3 Å². The number of nitro groups is 1. The van der Waals surface area contributed by atoms with Gasteiger partial charge < -0.3 is 8.94 Å². The molecule has 0 saturated heterocycles. The molecule has 0 amide bonds. The summed E-state index contributed by atoms with van der Waals surface area (Å²) in [7, 11) is 0. The van der Waals surface area contributed by atoms with Crippen LogP contribution < -0.4 is 0 Å². The third-order valence-corrected chi connectivity index (χ3v) is 4.40. The first-order valence-electron chi connectivity index (χ1n) is 7.95. The van der Waals surface area contributed by atoms with Crippen LogP contribution in [0.15, 0.2) is 62.1 Å². The van der Waals surface area contributed by atoms with Crippen LogP contribution in [0.5, 0.6) is 0 Å². The van der Waals surface area contributed by atoms with Crippen molar-refractivity contribution in [1.29, 1.82) is 0 Å². The van der Waals surface area contributed by atoms with Gasteiger partial charge in [0, 0.05) is 35.7 Å². The number of hydrogen-bond donors (Lipinski definition) is 0. The van der Waals surface area contributed by atoms with Gasteiger partial charge in [-0.3, -0.25) is 15.1 Å². The summed E-state index contributed by atoms with van der Waals surface area (Å²) in [6.07, 6.45) is 3.23. The minimum atomic E-state index is -0.634. The lowest BCUT2D eigenvalue weighted by Gasteiger charge is -1.96. The Kier molecular flexibility index (Phi) is 5.03. The molecule has 29 heavy (non-hydrogen) atoms. The van der Waals surface area contributed by atoms with Crippen molar-refractivity contribution in [2.24, 2.45) is 5.18 Å². The van der Waals surface area contributed by atoms with Crippen LogP contribution >= 0.6 is 11.8 Å². The van der Waals surface area contributed by atoms with Gasteiger partial charge in [0.1, 0.15) is 5.69 Å². The van der Waals surface area contributed by atoms with Crippen LogP contribution in [0, 0.1) is 15.0 Å². The zero-order valence-corrected chi connectivity index (χ0v) is 15.1. The van der Waals surface area contributed by atoms with Gasteiger partial charge in [-0.15, -0.1) is 15.1 Å². The predicted molar refractivity (Wildman–Crippen MR) is 98.9 cm³/mol. The number of benzene rings is 1. The summed E-state index contributed by atoms with van der Waals surface area (Å²) in [5.41, 5.74) is 0.577.